The maximum absolute atomic E-state index is 12.4. The molecule has 0 aliphatic carbocycles. The maximum Gasteiger partial charge on any atom is 0.247 e. The number of nitrogens with zero attached hydrogens (tertiary/aromatic N) is 1. The van der Waals surface area contributed by atoms with E-state index in [0.717, 1.165) is 24.4 Å². The number of carbonyl (C=O) groups is 1. The third-order valence-electron chi connectivity index (χ3n) is 4.45. The summed E-state index contributed by atoms with van der Waals surface area (Å²) in [5, 5.41) is 3.06. The summed E-state index contributed by atoms with van der Waals surface area (Å²) >= 11 is 0. The van der Waals surface area contributed by atoms with Crippen LogP contribution in [0.25, 0.3) is 6.08 Å². The highest BCUT2D eigenvalue weighted by Crippen LogP contribution is 2.25. The van der Waals surface area contributed by atoms with Gasteiger partial charge in [-0.05, 0) is 56.6 Å². The van der Waals surface area contributed by atoms with Crippen molar-refractivity contribution in [3.63, 3.8) is 0 Å². The van der Waals surface area contributed by atoms with Crippen LogP contribution in [0.4, 0.5) is 0 Å². The van der Waals surface area contributed by atoms with Crippen molar-refractivity contribution in [1.82, 2.24) is 10.2 Å². The van der Waals surface area contributed by atoms with E-state index in [9.17, 15) is 4.79 Å². The molecular formula is C20H24N2O2. The molecule has 1 aliphatic heterocycles. The van der Waals surface area contributed by atoms with Crippen LogP contribution in [0.5, 0.6) is 0 Å². The van der Waals surface area contributed by atoms with Gasteiger partial charge in [-0.2, -0.15) is 0 Å². The van der Waals surface area contributed by atoms with Crippen molar-refractivity contribution >= 4 is 12.0 Å². The average molecular weight is 324 g/mol. The Morgan fingerprint density at radius 2 is 1.96 bits per heavy atom. The van der Waals surface area contributed by atoms with Gasteiger partial charge in [0.2, 0.25) is 5.91 Å². The summed E-state index contributed by atoms with van der Waals surface area (Å²) in [6.07, 6.45) is 6.02. The van der Waals surface area contributed by atoms with Gasteiger partial charge in [-0.1, -0.05) is 30.3 Å². The van der Waals surface area contributed by atoms with E-state index < -0.39 is 0 Å². The highest BCUT2D eigenvalue weighted by molar-refractivity contribution is 5.97. The Morgan fingerprint density at radius 1 is 1.21 bits per heavy atom. The monoisotopic (exact) mass is 324 g/mol. The lowest BCUT2D eigenvalue weighted by Crippen LogP contribution is -2.36. The number of likely N-dealkylation sites (tertiary alicyclic amines) is 1. The molecule has 1 aromatic heterocycles. The minimum atomic E-state index is -0.0328. The van der Waals surface area contributed by atoms with Gasteiger partial charge in [-0.3, -0.25) is 9.69 Å². The van der Waals surface area contributed by atoms with Crippen LogP contribution in [0.15, 0.2) is 58.7 Å². The fourth-order valence-corrected chi connectivity index (χ4v) is 3.14. The molecule has 3 rings (SSSR count). The van der Waals surface area contributed by atoms with Crippen LogP contribution in [0.1, 0.15) is 37.1 Å². The molecule has 1 unspecified atom stereocenters. The number of furan rings is 1. The van der Waals surface area contributed by atoms with Gasteiger partial charge in [0, 0.05) is 12.1 Å². The van der Waals surface area contributed by atoms with Crippen LogP contribution in [0.2, 0.25) is 0 Å². The summed E-state index contributed by atoms with van der Waals surface area (Å²) < 4.78 is 5.59. The summed E-state index contributed by atoms with van der Waals surface area (Å²) in [5.74, 6) is 0.886. The van der Waals surface area contributed by atoms with Gasteiger partial charge in [0.25, 0.3) is 0 Å². The van der Waals surface area contributed by atoms with E-state index in [2.05, 4.69) is 10.2 Å². The number of benzene rings is 1. The summed E-state index contributed by atoms with van der Waals surface area (Å²) in [4.78, 5) is 14.8. The Kier molecular flexibility index (Phi) is 5.49. The number of hydrogen-bond acceptors (Lipinski definition) is 3. The molecule has 1 N–H and O–H groups in total. The zero-order valence-corrected chi connectivity index (χ0v) is 14.1. The number of rotatable bonds is 6. The minimum Gasteiger partial charge on any atom is -0.468 e. The van der Waals surface area contributed by atoms with Gasteiger partial charge in [-0.25, -0.2) is 0 Å². The molecule has 2 heterocycles. The molecular weight excluding hydrogens is 300 g/mol. The lowest BCUT2D eigenvalue weighted by molar-refractivity contribution is -0.117. The van der Waals surface area contributed by atoms with Crippen molar-refractivity contribution in [3.05, 3.63) is 65.6 Å². The van der Waals surface area contributed by atoms with Gasteiger partial charge in [0.05, 0.1) is 12.3 Å². The molecule has 0 spiro atoms. The Labute approximate surface area is 143 Å². The van der Waals surface area contributed by atoms with E-state index in [1.807, 2.05) is 55.5 Å². The van der Waals surface area contributed by atoms with Gasteiger partial charge in [0.15, 0.2) is 0 Å². The summed E-state index contributed by atoms with van der Waals surface area (Å²) in [5.41, 5.74) is 1.74. The third kappa shape index (κ3) is 4.15. The van der Waals surface area contributed by atoms with Gasteiger partial charge >= 0.3 is 0 Å². The van der Waals surface area contributed by atoms with Crippen LogP contribution >= 0.6 is 0 Å². The zero-order chi connectivity index (χ0) is 16.8. The number of hydrogen-bond donors (Lipinski definition) is 1. The average Bonchev–Trinajstić information content (AvgIpc) is 3.30. The molecule has 4 heteroatoms. The van der Waals surface area contributed by atoms with E-state index in [1.54, 1.807) is 6.26 Å². The Bertz CT molecular complexity index is 671. The highest BCUT2D eigenvalue weighted by Gasteiger charge is 2.25. The first kappa shape index (κ1) is 16.5. The lowest BCUT2D eigenvalue weighted by atomic mass is 10.1. The Hall–Kier alpha value is -2.33. The van der Waals surface area contributed by atoms with Gasteiger partial charge < -0.3 is 9.73 Å². The molecule has 1 fully saturated rings. The molecule has 126 valence electrons. The summed E-state index contributed by atoms with van der Waals surface area (Å²) in [6.45, 7) is 4.52. The highest BCUT2D eigenvalue weighted by atomic mass is 16.3. The van der Waals surface area contributed by atoms with Crippen LogP contribution in [-0.2, 0) is 4.79 Å². The first-order valence-electron chi connectivity index (χ1n) is 8.53. The van der Waals surface area contributed by atoms with Crippen molar-refractivity contribution < 1.29 is 9.21 Å². The predicted octanol–water partition coefficient (Wildman–Crippen LogP) is 3.64. The fourth-order valence-electron chi connectivity index (χ4n) is 3.14. The number of amides is 1. The fraction of sp³-hybridized carbons (Fsp3) is 0.350. The molecule has 4 nitrogen and oxygen atoms in total. The normalized spacial score (nSPS) is 17.0. The van der Waals surface area contributed by atoms with Crippen molar-refractivity contribution in [1.29, 1.82) is 0 Å². The Morgan fingerprint density at radius 3 is 2.62 bits per heavy atom. The largest absolute Gasteiger partial charge is 0.468 e. The van der Waals surface area contributed by atoms with Crippen LogP contribution in [-0.4, -0.2) is 30.4 Å². The first-order valence-corrected chi connectivity index (χ1v) is 8.53. The van der Waals surface area contributed by atoms with Crippen molar-refractivity contribution in [2.24, 2.45) is 0 Å². The lowest BCUT2D eigenvalue weighted by Gasteiger charge is -2.26. The molecule has 1 amide bonds. The summed E-state index contributed by atoms with van der Waals surface area (Å²) in [7, 11) is 0. The second kappa shape index (κ2) is 7.97. The third-order valence-corrected chi connectivity index (χ3v) is 4.45. The van der Waals surface area contributed by atoms with E-state index in [-0.39, 0.29) is 11.9 Å². The van der Waals surface area contributed by atoms with E-state index in [4.69, 9.17) is 4.42 Å². The van der Waals surface area contributed by atoms with Crippen molar-refractivity contribution in [2.75, 3.05) is 19.6 Å². The minimum absolute atomic E-state index is 0.0328. The second-order valence-electron chi connectivity index (χ2n) is 6.22. The molecule has 0 bridgehead atoms. The predicted molar refractivity (Wildman–Crippen MR) is 95.4 cm³/mol. The number of carbonyl (C=O) groups excluding carboxylic acids is 1. The van der Waals surface area contributed by atoms with Gasteiger partial charge in [0.1, 0.15) is 5.76 Å². The SMILES string of the molecule is C/C(=C\c1ccccc1)C(=O)NCC(c1ccco1)N1CCCC1. The molecule has 24 heavy (non-hydrogen) atoms. The topological polar surface area (TPSA) is 45.5 Å². The van der Waals surface area contributed by atoms with E-state index in [0.29, 0.717) is 12.1 Å². The second-order valence-corrected chi connectivity index (χ2v) is 6.22. The van der Waals surface area contributed by atoms with Crippen molar-refractivity contribution in [2.45, 2.75) is 25.8 Å². The molecule has 0 saturated carbocycles. The molecule has 1 saturated heterocycles. The molecule has 1 aliphatic rings. The number of nitrogens with one attached hydrogen (secondary N) is 1. The summed E-state index contributed by atoms with van der Waals surface area (Å²) in [6, 6.07) is 13.9. The van der Waals surface area contributed by atoms with Crippen LogP contribution in [0, 0.1) is 0 Å². The standard InChI is InChI=1S/C20H24N2O2/c1-16(14-17-8-3-2-4-9-17)20(23)21-15-18(19-10-7-13-24-19)22-11-5-6-12-22/h2-4,7-10,13-14,18H,5-6,11-12,15H2,1H3,(H,21,23)/b16-14+. The smallest absolute Gasteiger partial charge is 0.247 e. The quantitative estimate of drug-likeness (QED) is 0.825. The molecule has 0 radical (unpaired) electrons. The first-order chi connectivity index (χ1) is 11.7. The van der Waals surface area contributed by atoms with E-state index >= 15 is 0 Å². The van der Waals surface area contributed by atoms with Crippen LogP contribution < -0.4 is 5.32 Å². The van der Waals surface area contributed by atoms with Crippen molar-refractivity contribution in [3.8, 4) is 0 Å². The van der Waals surface area contributed by atoms with Crippen LogP contribution in [0.3, 0.4) is 0 Å². The zero-order valence-electron chi connectivity index (χ0n) is 14.1. The molecule has 1 aromatic carbocycles. The van der Waals surface area contributed by atoms with E-state index in [1.165, 1.54) is 12.8 Å². The Balaban J connectivity index is 1.63. The molecule has 1 atom stereocenters. The molecule has 2 aromatic rings. The maximum atomic E-state index is 12.4. The van der Waals surface area contributed by atoms with Gasteiger partial charge in [-0.15, -0.1) is 0 Å².